The highest BCUT2D eigenvalue weighted by Crippen LogP contribution is 2.20. The lowest BCUT2D eigenvalue weighted by Crippen LogP contribution is -2.16. The van der Waals surface area contributed by atoms with Crippen molar-refractivity contribution in [1.29, 1.82) is 0 Å². The first-order valence-electron chi connectivity index (χ1n) is 7.61. The van der Waals surface area contributed by atoms with Crippen molar-refractivity contribution < 1.29 is 4.74 Å². The lowest BCUT2D eigenvalue weighted by Gasteiger charge is -2.13. The molecule has 4 heteroatoms. The maximum Gasteiger partial charge on any atom is 0.123 e. The number of hydrogen-bond acceptors (Lipinski definition) is 3. The second kappa shape index (κ2) is 7.84. The fraction of sp³-hybridized carbons (Fsp3) is 0.471. The zero-order valence-electron chi connectivity index (χ0n) is 13.2. The average molecular weight is 287 g/mol. The molecule has 0 saturated carbocycles. The lowest BCUT2D eigenvalue weighted by atomic mass is 10.1. The largest absolute Gasteiger partial charge is 0.491 e. The third kappa shape index (κ3) is 4.60. The Morgan fingerprint density at radius 2 is 2.14 bits per heavy atom. The van der Waals surface area contributed by atoms with Crippen LogP contribution in [-0.4, -0.2) is 22.7 Å². The normalized spacial score (nSPS) is 10.8. The van der Waals surface area contributed by atoms with E-state index in [0.717, 1.165) is 37.6 Å². The third-order valence-corrected chi connectivity index (χ3v) is 3.47. The van der Waals surface area contributed by atoms with Crippen LogP contribution in [0.1, 0.15) is 30.3 Å². The molecule has 0 aliphatic rings. The Balaban J connectivity index is 1.93. The molecule has 0 unspecified atom stereocenters. The molecule has 1 heterocycles. The van der Waals surface area contributed by atoms with Gasteiger partial charge in [0.25, 0.3) is 0 Å². The first-order valence-corrected chi connectivity index (χ1v) is 7.61. The van der Waals surface area contributed by atoms with Crippen LogP contribution in [-0.2, 0) is 13.1 Å². The minimum Gasteiger partial charge on any atom is -0.491 e. The number of nitrogens with zero attached hydrogens (tertiary/aromatic N) is 2. The van der Waals surface area contributed by atoms with Crippen LogP contribution in [0.5, 0.6) is 5.75 Å². The van der Waals surface area contributed by atoms with Gasteiger partial charge in [0.2, 0.25) is 0 Å². The molecule has 1 aromatic heterocycles. The Bertz CT molecular complexity index is 563. The summed E-state index contributed by atoms with van der Waals surface area (Å²) < 4.78 is 8.06. The van der Waals surface area contributed by atoms with Crippen LogP contribution < -0.4 is 10.1 Å². The molecule has 21 heavy (non-hydrogen) atoms. The van der Waals surface area contributed by atoms with Crippen LogP contribution in [0.25, 0.3) is 0 Å². The maximum absolute atomic E-state index is 5.96. The molecule has 1 aromatic carbocycles. The van der Waals surface area contributed by atoms with Gasteiger partial charge in [0, 0.05) is 24.5 Å². The van der Waals surface area contributed by atoms with Gasteiger partial charge in [-0.1, -0.05) is 24.6 Å². The number of benzene rings is 1. The van der Waals surface area contributed by atoms with E-state index in [0.29, 0.717) is 6.61 Å². The minimum atomic E-state index is 0.654. The van der Waals surface area contributed by atoms with E-state index in [2.05, 4.69) is 46.9 Å². The van der Waals surface area contributed by atoms with E-state index < -0.39 is 0 Å². The van der Waals surface area contributed by atoms with Gasteiger partial charge in [-0.05, 0) is 32.9 Å². The van der Waals surface area contributed by atoms with Crippen LogP contribution in [0.15, 0.2) is 30.6 Å². The highest BCUT2D eigenvalue weighted by atomic mass is 16.5. The molecular formula is C17H25N3O. The third-order valence-electron chi connectivity index (χ3n) is 3.47. The van der Waals surface area contributed by atoms with E-state index in [-0.39, 0.29) is 0 Å². The maximum atomic E-state index is 5.96. The number of rotatable bonds is 8. The van der Waals surface area contributed by atoms with Crippen LogP contribution in [0.3, 0.4) is 0 Å². The fourth-order valence-electron chi connectivity index (χ4n) is 2.28. The summed E-state index contributed by atoms with van der Waals surface area (Å²) in [7, 11) is 0. The summed E-state index contributed by atoms with van der Waals surface area (Å²) in [6.45, 7) is 9.65. The first-order chi connectivity index (χ1) is 10.2. The second-order valence-electron chi connectivity index (χ2n) is 5.30. The van der Waals surface area contributed by atoms with Crippen molar-refractivity contribution in [3.63, 3.8) is 0 Å². The highest BCUT2D eigenvalue weighted by molar-refractivity contribution is 5.36. The smallest absolute Gasteiger partial charge is 0.123 e. The molecule has 0 saturated heterocycles. The van der Waals surface area contributed by atoms with E-state index in [4.69, 9.17) is 4.74 Å². The lowest BCUT2D eigenvalue weighted by molar-refractivity contribution is 0.293. The van der Waals surface area contributed by atoms with E-state index >= 15 is 0 Å². The van der Waals surface area contributed by atoms with Crippen LogP contribution in [0.4, 0.5) is 0 Å². The van der Waals surface area contributed by atoms with Gasteiger partial charge in [0.1, 0.15) is 18.2 Å². The molecule has 4 nitrogen and oxygen atoms in total. The van der Waals surface area contributed by atoms with Crippen molar-refractivity contribution in [2.24, 2.45) is 0 Å². The molecule has 0 amide bonds. The van der Waals surface area contributed by atoms with Crippen molar-refractivity contribution in [1.82, 2.24) is 14.9 Å². The van der Waals surface area contributed by atoms with Crippen molar-refractivity contribution in [3.05, 3.63) is 47.5 Å². The van der Waals surface area contributed by atoms with Gasteiger partial charge in [-0.3, -0.25) is 0 Å². The van der Waals surface area contributed by atoms with Gasteiger partial charge in [0.05, 0.1) is 6.54 Å². The molecule has 0 atom stereocenters. The molecule has 0 radical (unpaired) electrons. The van der Waals surface area contributed by atoms with E-state index in [1.165, 1.54) is 11.1 Å². The Morgan fingerprint density at radius 3 is 2.86 bits per heavy atom. The average Bonchev–Trinajstić information content (AvgIpc) is 2.87. The number of nitrogens with one attached hydrogen (secondary N) is 1. The van der Waals surface area contributed by atoms with Gasteiger partial charge in [-0.2, -0.15) is 0 Å². The Hall–Kier alpha value is -1.81. The summed E-state index contributed by atoms with van der Waals surface area (Å²) in [5, 5.41) is 3.44. The van der Waals surface area contributed by atoms with E-state index in [9.17, 15) is 0 Å². The SMILES string of the molecule is CCCNCc1cc(C)ccc1OCCn1ccnc1C. The standard InChI is InChI=1S/C17H25N3O/c1-4-7-18-13-16-12-14(2)5-6-17(16)21-11-10-20-9-8-19-15(20)3/h5-6,8-9,12,18H,4,7,10-11,13H2,1-3H3. The molecular weight excluding hydrogens is 262 g/mol. The van der Waals surface area contributed by atoms with Gasteiger partial charge in [0.15, 0.2) is 0 Å². The predicted octanol–water partition coefficient (Wildman–Crippen LogP) is 3.08. The molecule has 1 N–H and O–H groups in total. The number of ether oxygens (including phenoxy) is 1. The summed E-state index contributed by atoms with van der Waals surface area (Å²) in [5.41, 5.74) is 2.49. The van der Waals surface area contributed by atoms with Crippen LogP contribution in [0.2, 0.25) is 0 Å². The summed E-state index contributed by atoms with van der Waals surface area (Å²) in [5.74, 6) is 1.99. The number of hydrogen-bond donors (Lipinski definition) is 1. The van der Waals surface area contributed by atoms with Gasteiger partial charge >= 0.3 is 0 Å². The molecule has 114 valence electrons. The van der Waals surface area contributed by atoms with E-state index in [1.807, 2.05) is 19.3 Å². The fourth-order valence-corrected chi connectivity index (χ4v) is 2.28. The molecule has 0 aliphatic carbocycles. The predicted molar refractivity (Wildman–Crippen MR) is 85.6 cm³/mol. The molecule has 2 rings (SSSR count). The highest BCUT2D eigenvalue weighted by Gasteiger charge is 2.05. The summed E-state index contributed by atoms with van der Waals surface area (Å²) in [6, 6.07) is 6.36. The number of imidazole rings is 1. The Morgan fingerprint density at radius 1 is 1.29 bits per heavy atom. The van der Waals surface area contributed by atoms with Crippen LogP contribution >= 0.6 is 0 Å². The molecule has 0 spiro atoms. The van der Waals surface area contributed by atoms with Crippen LogP contribution in [0, 0.1) is 13.8 Å². The van der Waals surface area contributed by atoms with Crippen molar-refractivity contribution in [3.8, 4) is 5.75 Å². The van der Waals surface area contributed by atoms with Gasteiger partial charge in [-0.15, -0.1) is 0 Å². The zero-order chi connectivity index (χ0) is 15.1. The Labute approximate surface area is 127 Å². The van der Waals surface area contributed by atoms with Crippen molar-refractivity contribution in [2.75, 3.05) is 13.2 Å². The Kier molecular flexibility index (Phi) is 5.81. The minimum absolute atomic E-state index is 0.654. The first kappa shape index (κ1) is 15.6. The molecule has 0 fully saturated rings. The van der Waals surface area contributed by atoms with Crippen molar-refractivity contribution in [2.45, 2.75) is 40.3 Å². The van der Waals surface area contributed by atoms with Crippen molar-refractivity contribution >= 4 is 0 Å². The number of aromatic nitrogens is 2. The number of aryl methyl sites for hydroxylation is 2. The van der Waals surface area contributed by atoms with Gasteiger partial charge in [-0.25, -0.2) is 4.98 Å². The second-order valence-corrected chi connectivity index (χ2v) is 5.30. The quantitative estimate of drug-likeness (QED) is 0.758. The zero-order valence-corrected chi connectivity index (χ0v) is 13.2. The van der Waals surface area contributed by atoms with Gasteiger partial charge < -0.3 is 14.6 Å². The molecule has 0 aliphatic heterocycles. The monoisotopic (exact) mass is 287 g/mol. The molecule has 2 aromatic rings. The van der Waals surface area contributed by atoms with E-state index in [1.54, 1.807) is 0 Å². The topological polar surface area (TPSA) is 39.1 Å². The summed E-state index contributed by atoms with van der Waals surface area (Å²) in [4.78, 5) is 4.22. The summed E-state index contributed by atoms with van der Waals surface area (Å²) >= 11 is 0. The summed E-state index contributed by atoms with van der Waals surface area (Å²) in [6.07, 6.45) is 4.95. The molecule has 0 bridgehead atoms.